The minimum atomic E-state index is 0.656. The topological polar surface area (TPSA) is 35.6 Å². The third-order valence-electron chi connectivity index (χ3n) is 12.9. The lowest BCUT2D eigenvalue weighted by Crippen LogP contribution is -2.04. The molecular formula is C56H32N4S. The number of rotatable bonds is 3. The van der Waals surface area contributed by atoms with Crippen molar-refractivity contribution in [3.63, 3.8) is 0 Å². The Morgan fingerprint density at radius 1 is 0.361 bits per heavy atom. The normalized spacial score (nSPS) is 12.3. The first-order valence-electron chi connectivity index (χ1n) is 20.7. The van der Waals surface area contributed by atoms with E-state index < -0.39 is 0 Å². The second kappa shape index (κ2) is 12.3. The van der Waals surface area contributed by atoms with Gasteiger partial charge in [0.05, 0.1) is 33.3 Å². The Kier molecular flexibility index (Phi) is 6.68. The Labute approximate surface area is 352 Å². The zero-order valence-electron chi connectivity index (χ0n) is 32.7. The van der Waals surface area contributed by atoms with E-state index >= 15 is 0 Å². The molecule has 0 unspecified atom stereocenters. The first-order chi connectivity index (χ1) is 30.3. The highest BCUT2D eigenvalue weighted by molar-refractivity contribution is 7.26. The van der Waals surface area contributed by atoms with Crippen molar-refractivity contribution < 1.29 is 0 Å². The molecule has 0 radical (unpaired) electrons. The van der Waals surface area contributed by atoms with Crippen LogP contribution in [0.4, 0.5) is 0 Å². The summed E-state index contributed by atoms with van der Waals surface area (Å²) in [4.78, 5) is 11.4. The molecule has 5 heteroatoms. The van der Waals surface area contributed by atoms with E-state index in [1.165, 1.54) is 68.8 Å². The second-order valence-corrected chi connectivity index (χ2v) is 17.1. The highest BCUT2D eigenvalue weighted by Crippen LogP contribution is 2.44. The molecule has 0 saturated carbocycles. The van der Waals surface area contributed by atoms with Crippen molar-refractivity contribution in [2.75, 3.05) is 0 Å². The van der Waals surface area contributed by atoms with Crippen LogP contribution < -0.4 is 0 Å². The number of thiophene rings is 1. The lowest BCUT2D eigenvalue weighted by molar-refractivity contribution is 1.02. The maximum absolute atomic E-state index is 5.73. The van der Waals surface area contributed by atoms with Gasteiger partial charge in [0.15, 0.2) is 0 Å². The Hall–Kier alpha value is -7.86. The van der Waals surface area contributed by atoms with Gasteiger partial charge in [-0.25, -0.2) is 9.97 Å². The molecule has 282 valence electrons. The lowest BCUT2D eigenvalue weighted by atomic mass is 9.94. The molecule has 0 atom stereocenters. The van der Waals surface area contributed by atoms with E-state index in [0.29, 0.717) is 5.95 Å². The molecule has 10 aromatic carbocycles. The molecule has 0 spiro atoms. The van der Waals surface area contributed by atoms with Gasteiger partial charge < -0.3 is 4.57 Å². The molecule has 0 aliphatic carbocycles. The van der Waals surface area contributed by atoms with Gasteiger partial charge in [-0.05, 0) is 76.1 Å². The summed E-state index contributed by atoms with van der Waals surface area (Å²) >= 11 is 1.88. The van der Waals surface area contributed by atoms with Crippen molar-refractivity contribution in [1.29, 1.82) is 0 Å². The fourth-order valence-electron chi connectivity index (χ4n) is 10.2. The van der Waals surface area contributed by atoms with Crippen LogP contribution in [0.2, 0.25) is 0 Å². The Bertz CT molecular complexity index is 4170. The summed E-state index contributed by atoms with van der Waals surface area (Å²) in [6.45, 7) is 0. The maximum atomic E-state index is 5.73. The van der Waals surface area contributed by atoms with Crippen LogP contribution in [-0.4, -0.2) is 19.1 Å². The molecule has 0 saturated heterocycles. The molecule has 4 heterocycles. The van der Waals surface area contributed by atoms with Gasteiger partial charge >= 0.3 is 0 Å². The minimum absolute atomic E-state index is 0.656. The summed E-state index contributed by atoms with van der Waals surface area (Å²) in [5.41, 5.74) is 8.56. The highest BCUT2D eigenvalue weighted by atomic mass is 32.1. The van der Waals surface area contributed by atoms with Crippen LogP contribution in [0, 0.1) is 0 Å². The number of benzene rings is 10. The van der Waals surface area contributed by atoms with Crippen molar-refractivity contribution in [2.24, 2.45) is 0 Å². The first kappa shape index (κ1) is 33.0. The number of nitrogens with zero attached hydrogens (tertiary/aromatic N) is 4. The minimum Gasteiger partial charge on any atom is -0.309 e. The molecule has 0 amide bonds. The van der Waals surface area contributed by atoms with Crippen LogP contribution >= 0.6 is 11.3 Å². The van der Waals surface area contributed by atoms with Gasteiger partial charge in [-0.3, -0.25) is 4.57 Å². The lowest BCUT2D eigenvalue weighted by Gasteiger charge is -2.16. The largest absolute Gasteiger partial charge is 0.309 e. The van der Waals surface area contributed by atoms with Crippen molar-refractivity contribution in [3.8, 4) is 22.9 Å². The smallest absolute Gasteiger partial charge is 0.235 e. The standard InChI is InChI=1S/C56H32N4S/c1-2-14-35(15-3-1)59-47-23-11-8-18-38(47)45-30-34(27-29-49(45)59)53-52-41-21-6-4-16-36(41)37-17-5-7-22-42(37)54(52)58-56(57-53)60-48-24-12-9-19-39(48)46-32-44-33(31-50(46)60)26-28-43-40-20-10-13-25-51(40)61-55(43)44/h1-32H. The van der Waals surface area contributed by atoms with Crippen molar-refractivity contribution in [1.82, 2.24) is 19.1 Å². The average Bonchev–Trinajstić information content (AvgIpc) is 3.98. The molecule has 61 heavy (non-hydrogen) atoms. The predicted octanol–water partition coefficient (Wildman–Crippen LogP) is 15.3. The number of aromatic nitrogens is 4. The third-order valence-corrected chi connectivity index (χ3v) is 14.1. The van der Waals surface area contributed by atoms with E-state index in [1.54, 1.807) is 0 Å². The first-order valence-corrected chi connectivity index (χ1v) is 21.6. The summed E-state index contributed by atoms with van der Waals surface area (Å²) in [5.74, 6) is 0.656. The molecule has 0 bridgehead atoms. The van der Waals surface area contributed by atoms with Crippen molar-refractivity contribution in [3.05, 3.63) is 194 Å². The molecule has 14 aromatic rings. The van der Waals surface area contributed by atoms with Crippen LogP contribution in [0.3, 0.4) is 0 Å². The highest BCUT2D eigenvalue weighted by Gasteiger charge is 2.23. The number of hydrogen-bond donors (Lipinski definition) is 0. The van der Waals surface area contributed by atoms with E-state index in [-0.39, 0.29) is 0 Å². The number of fused-ring (bicyclic) bond motifs is 17. The quantitative estimate of drug-likeness (QED) is 0.167. The molecule has 4 nitrogen and oxygen atoms in total. The van der Waals surface area contributed by atoms with Crippen LogP contribution in [-0.2, 0) is 0 Å². The third kappa shape index (κ3) is 4.58. The molecule has 4 aromatic heterocycles. The van der Waals surface area contributed by atoms with Gasteiger partial charge in [-0.1, -0.05) is 140 Å². The van der Waals surface area contributed by atoms with E-state index in [4.69, 9.17) is 9.97 Å². The van der Waals surface area contributed by atoms with Gasteiger partial charge in [0, 0.05) is 69.1 Å². The predicted molar refractivity (Wildman–Crippen MR) is 259 cm³/mol. The van der Waals surface area contributed by atoms with Crippen LogP contribution in [0.25, 0.3) is 130 Å². The van der Waals surface area contributed by atoms with Gasteiger partial charge in [-0.15, -0.1) is 11.3 Å². The van der Waals surface area contributed by atoms with E-state index in [9.17, 15) is 0 Å². The molecule has 0 fully saturated rings. The summed E-state index contributed by atoms with van der Waals surface area (Å²) in [6, 6.07) is 70.5. The number of para-hydroxylation sites is 3. The zero-order chi connectivity index (χ0) is 39.8. The number of hydrogen-bond acceptors (Lipinski definition) is 3. The van der Waals surface area contributed by atoms with Crippen LogP contribution in [0.15, 0.2) is 194 Å². The summed E-state index contributed by atoms with van der Waals surface area (Å²) in [7, 11) is 0. The average molecular weight is 793 g/mol. The monoisotopic (exact) mass is 792 g/mol. The van der Waals surface area contributed by atoms with Gasteiger partial charge in [0.2, 0.25) is 5.95 Å². The van der Waals surface area contributed by atoms with E-state index in [1.807, 2.05) is 11.3 Å². The van der Waals surface area contributed by atoms with Crippen LogP contribution in [0.1, 0.15) is 0 Å². The molecule has 14 rings (SSSR count). The summed E-state index contributed by atoms with van der Waals surface area (Å²) < 4.78 is 7.30. The van der Waals surface area contributed by atoms with Crippen molar-refractivity contribution >= 4 is 118 Å². The fraction of sp³-hybridized carbons (Fsp3) is 0. The maximum Gasteiger partial charge on any atom is 0.235 e. The zero-order valence-corrected chi connectivity index (χ0v) is 33.5. The summed E-state index contributed by atoms with van der Waals surface area (Å²) in [6.07, 6.45) is 0. The SMILES string of the molecule is c1ccc(-n2c3ccccc3c3cc(-c4nc(-n5c6ccccc6c6cc7c(ccc8c9ccccc9sc78)cc65)nc5c6ccccc6c6ccccc6c45)ccc32)cc1. The molecule has 0 N–H and O–H groups in total. The summed E-state index contributed by atoms with van der Waals surface area (Å²) in [5, 5.41) is 15.6. The van der Waals surface area contributed by atoms with Gasteiger partial charge in [0.25, 0.3) is 0 Å². The van der Waals surface area contributed by atoms with E-state index in [2.05, 4.69) is 203 Å². The van der Waals surface area contributed by atoms with Gasteiger partial charge in [-0.2, -0.15) is 0 Å². The molecule has 0 aliphatic heterocycles. The van der Waals surface area contributed by atoms with Gasteiger partial charge in [0.1, 0.15) is 0 Å². The Morgan fingerprint density at radius 2 is 0.967 bits per heavy atom. The van der Waals surface area contributed by atoms with E-state index in [0.717, 1.165) is 55.2 Å². The molecule has 0 aliphatic rings. The Balaban J connectivity index is 1.11. The second-order valence-electron chi connectivity index (χ2n) is 16.1. The van der Waals surface area contributed by atoms with Crippen LogP contribution in [0.5, 0.6) is 0 Å². The van der Waals surface area contributed by atoms with Crippen molar-refractivity contribution in [2.45, 2.75) is 0 Å². The molecular weight excluding hydrogens is 761 g/mol. The fourth-order valence-corrected chi connectivity index (χ4v) is 11.5. The Morgan fingerprint density at radius 3 is 1.75 bits per heavy atom.